The summed E-state index contributed by atoms with van der Waals surface area (Å²) >= 11 is 0. The molecule has 2 aromatic carbocycles. The van der Waals surface area contributed by atoms with E-state index in [0.717, 1.165) is 5.92 Å². The molecule has 0 atom stereocenters. The SMILES string of the molecule is CCC.CCC(C)CC.Cc1ccccc1-c1ccccc1. The van der Waals surface area contributed by atoms with Crippen molar-refractivity contribution in [1.29, 1.82) is 0 Å². The third-order valence-electron chi connectivity index (χ3n) is 3.62. The smallest absolute Gasteiger partial charge is 0.0155 e. The van der Waals surface area contributed by atoms with E-state index in [9.17, 15) is 0 Å². The molecule has 0 aliphatic heterocycles. The fourth-order valence-electron chi connectivity index (χ4n) is 1.80. The molecule has 0 heteroatoms. The Labute approximate surface area is 138 Å². The molecule has 122 valence electrons. The topological polar surface area (TPSA) is 0 Å². The molecule has 0 saturated carbocycles. The summed E-state index contributed by atoms with van der Waals surface area (Å²) in [5, 5.41) is 0. The van der Waals surface area contributed by atoms with Crippen LogP contribution in [-0.4, -0.2) is 0 Å². The molecule has 0 aliphatic carbocycles. The lowest BCUT2D eigenvalue weighted by molar-refractivity contribution is 0.544. The predicted molar refractivity (Wildman–Crippen MR) is 102 cm³/mol. The normalized spacial score (nSPS) is 9.41. The number of hydrogen-bond acceptors (Lipinski definition) is 0. The molecule has 2 aromatic rings. The second-order valence-corrected chi connectivity index (χ2v) is 5.81. The first-order valence-electron chi connectivity index (χ1n) is 8.71. The van der Waals surface area contributed by atoms with E-state index in [1.165, 1.54) is 36.0 Å². The zero-order valence-electron chi connectivity index (χ0n) is 15.4. The van der Waals surface area contributed by atoms with E-state index in [-0.39, 0.29) is 0 Å². The minimum atomic E-state index is 0.935. The molecule has 0 fully saturated rings. The molecule has 0 N–H and O–H groups in total. The van der Waals surface area contributed by atoms with Crippen LogP contribution in [0.3, 0.4) is 0 Å². The van der Waals surface area contributed by atoms with Crippen LogP contribution in [0.15, 0.2) is 54.6 Å². The lowest BCUT2D eigenvalue weighted by Crippen LogP contribution is -1.85. The van der Waals surface area contributed by atoms with Gasteiger partial charge in [-0.15, -0.1) is 0 Å². The molecule has 0 spiro atoms. The summed E-state index contributed by atoms with van der Waals surface area (Å²) in [6.45, 7) is 13.1. The second-order valence-electron chi connectivity index (χ2n) is 5.81. The highest BCUT2D eigenvalue weighted by Gasteiger charge is 1.97. The molecule has 0 radical (unpaired) electrons. The van der Waals surface area contributed by atoms with E-state index in [0.29, 0.717) is 0 Å². The maximum atomic E-state index is 2.28. The Morgan fingerprint density at radius 2 is 1.18 bits per heavy atom. The highest BCUT2D eigenvalue weighted by atomic mass is 14.0. The van der Waals surface area contributed by atoms with E-state index in [4.69, 9.17) is 0 Å². The van der Waals surface area contributed by atoms with Crippen LogP contribution in [0, 0.1) is 12.8 Å². The maximum absolute atomic E-state index is 2.28. The number of hydrogen-bond donors (Lipinski definition) is 0. The average molecular weight is 299 g/mol. The van der Waals surface area contributed by atoms with Crippen molar-refractivity contribution in [2.45, 2.75) is 60.8 Å². The fraction of sp³-hybridized carbons (Fsp3) is 0.455. The summed E-state index contributed by atoms with van der Waals surface area (Å²) in [6, 6.07) is 18.9. The van der Waals surface area contributed by atoms with Gasteiger partial charge in [-0.25, -0.2) is 0 Å². The van der Waals surface area contributed by atoms with Crippen molar-refractivity contribution in [3.05, 3.63) is 60.2 Å². The largest absolute Gasteiger partial charge is 0.0656 e. The molecule has 0 amide bonds. The van der Waals surface area contributed by atoms with Gasteiger partial charge in [-0.05, 0) is 29.5 Å². The first kappa shape index (κ1) is 20.4. The molecule has 2 rings (SSSR count). The molecule has 0 heterocycles. The lowest BCUT2D eigenvalue weighted by Gasteiger charge is -2.04. The fourth-order valence-corrected chi connectivity index (χ4v) is 1.80. The molecule has 0 aromatic heterocycles. The second kappa shape index (κ2) is 13.1. The van der Waals surface area contributed by atoms with Gasteiger partial charge < -0.3 is 0 Å². The zero-order chi connectivity index (χ0) is 16.8. The molecule has 0 unspecified atom stereocenters. The third kappa shape index (κ3) is 8.67. The van der Waals surface area contributed by atoms with E-state index < -0.39 is 0 Å². The van der Waals surface area contributed by atoms with Gasteiger partial charge >= 0.3 is 0 Å². The highest BCUT2D eigenvalue weighted by Crippen LogP contribution is 2.21. The molecule has 0 nitrogen and oxygen atoms in total. The van der Waals surface area contributed by atoms with E-state index >= 15 is 0 Å². The predicted octanol–water partition coefficient (Wildman–Crippen LogP) is 7.52. The minimum absolute atomic E-state index is 0.935. The summed E-state index contributed by atoms with van der Waals surface area (Å²) in [5.41, 5.74) is 3.94. The van der Waals surface area contributed by atoms with Crippen LogP contribution < -0.4 is 0 Å². The Morgan fingerprint density at radius 3 is 1.59 bits per heavy atom. The maximum Gasteiger partial charge on any atom is -0.0155 e. The minimum Gasteiger partial charge on any atom is -0.0656 e. The molecular formula is C22H34. The summed E-state index contributed by atoms with van der Waals surface area (Å²) in [5.74, 6) is 0.935. The summed E-state index contributed by atoms with van der Waals surface area (Å²) in [4.78, 5) is 0. The van der Waals surface area contributed by atoms with E-state index in [2.05, 4.69) is 90.1 Å². The van der Waals surface area contributed by atoms with Gasteiger partial charge in [0.1, 0.15) is 0 Å². The van der Waals surface area contributed by atoms with Crippen LogP contribution >= 0.6 is 0 Å². The van der Waals surface area contributed by atoms with Crippen LogP contribution in [0.5, 0.6) is 0 Å². The monoisotopic (exact) mass is 298 g/mol. The van der Waals surface area contributed by atoms with Gasteiger partial charge in [0.2, 0.25) is 0 Å². The van der Waals surface area contributed by atoms with Crippen molar-refractivity contribution in [2.75, 3.05) is 0 Å². The van der Waals surface area contributed by atoms with Crippen LogP contribution in [0.2, 0.25) is 0 Å². The Morgan fingerprint density at radius 1 is 0.727 bits per heavy atom. The number of benzene rings is 2. The zero-order valence-corrected chi connectivity index (χ0v) is 15.4. The molecule has 22 heavy (non-hydrogen) atoms. The first-order chi connectivity index (χ1) is 10.6. The van der Waals surface area contributed by atoms with Gasteiger partial charge in [0, 0.05) is 0 Å². The van der Waals surface area contributed by atoms with Crippen LogP contribution in [-0.2, 0) is 0 Å². The highest BCUT2D eigenvalue weighted by molar-refractivity contribution is 5.66. The van der Waals surface area contributed by atoms with Gasteiger partial charge in [-0.1, -0.05) is 108 Å². The first-order valence-corrected chi connectivity index (χ1v) is 8.71. The third-order valence-corrected chi connectivity index (χ3v) is 3.62. The molecule has 0 saturated heterocycles. The summed E-state index contributed by atoms with van der Waals surface area (Å²) < 4.78 is 0. The Hall–Kier alpha value is -1.56. The van der Waals surface area contributed by atoms with Gasteiger partial charge in [0.15, 0.2) is 0 Å². The molecule has 0 aliphatic rings. The number of rotatable bonds is 3. The quantitative estimate of drug-likeness (QED) is 0.549. The summed E-state index contributed by atoms with van der Waals surface area (Å²) in [6.07, 6.45) is 3.91. The average Bonchev–Trinajstić information content (AvgIpc) is 2.56. The van der Waals surface area contributed by atoms with E-state index in [1.54, 1.807) is 0 Å². The van der Waals surface area contributed by atoms with Gasteiger partial charge in [0.25, 0.3) is 0 Å². The van der Waals surface area contributed by atoms with Crippen LogP contribution in [0.1, 0.15) is 59.4 Å². The van der Waals surface area contributed by atoms with Gasteiger partial charge in [-0.3, -0.25) is 0 Å². The molecule has 0 bridgehead atoms. The van der Waals surface area contributed by atoms with Crippen molar-refractivity contribution in [2.24, 2.45) is 5.92 Å². The van der Waals surface area contributed by atoms with Crippen molar-refractivity contribution >= 4 is 0 Å². The lowest BCUT2D eigenvalue weighted by atomic mass is 10.0. The van der Waals surface area contributed by atoms with Crippen molar-refractivity contribution in [3.8, 4) is 11.1 Å². The van der Waals surface area contributed by atoms with Crippen LogP contribution in [0.4, 0.5) is 0 Å². The van der Waals surface area contributed by atoms with Crippen LogP contribution in [0.25, 0.3) is 11.1 Å². The summed E-state index contributed by atoms with van der Waals surface area (Å²) in [7, 11) is 0. The van der Waals surface area contributed by atoms with Crippen molar-refractivity contribution < 1.29 is 0 Å². The van der Waals surface area contributed by atoms with E-state index in [1.807, 2.05) is 6.07 Å². The standard InChI is InChI=1S/C13H12.C6H14.C3H8/c1-11-7-5-6-10-13(11)12-8-3-2-4-9-12;1-4-6(3)5-2;1-3-2/h2-10H,1H3;6H,4-5H2,1-3H3;3H2,1-2H3. The van der Waals surface area contributed by atoms with Crippen molar-refractivity contribution in [3.63, 3.8) is 0 Å². The van der Waals surface area contributed by atoms with Gasteiger partial charge in [0.05, 0.1) is 0 Å². The Kier molecular flexibility index (Phi) is 12.2. The molecular weight excluding hydrogens is 264 g/mol. The number of aryl methyl sites for hydroxylation is 1. The van der Waals surface area contributed by atoms with Gasteiger partial charge in [-0.2, -0.15) is 0 Å². The Bertz CT molecular complexity index is 466. The Balaban J connectivity index is 0.000000414. The van der Waals surface area contributed by atoms with Crippen molar-refractivity contribution in [1.82, 2.24) is 0 Å².